The number of nitrogens with zero attached hydrogens (tertiary/aromatic N) is 2. The van der Waals surface area contributed by atoms with E-state index in [-0.39, 0.29) is 5.91 Å². The smallest absolute Gasteiger partial charge is 0.254 e. The molecule has 25 heavy (non-hydrogen) atoms. The van der Waals surface area contributed by atoms with E-state index >= 15 is 0 Å². The maximum Gasteiger partial charge on any atom is 0.254 e. The van der Waals surface area contributed by atoms with Crippen molar-refractivity contribution in [3.05, 3.63) is 52.8 Å². The van der Waals surface area contributed by atoms with E-state index in [2.05, 4.69) is 4.98 Å². The van der Waals surface area contributed by atoms with Gasteiger partial charge in [-0.15, -0.1) is 0 Å². The van der Waals surface area contributed by atoms with Crippen LogP contribution in [-0.4, -0.2) is 36.1 Å². The van der Waals surface area contributed by atoms with Crippen molar-refractivity contribution in [3.8, 4) is 11.5 Å². The zero-order chi connectivity index (χ0) is 18.2. The molecule has 0 aliphatic heterocycles. The van der Waals surface area contributed by atoms with Crippen molar-refractivity contribution in [3.63, 3.8) is 0 Å². The Kier molecular flexibility index (Phi) is 7.07. The molecule has 0 aliphatic carbocycles. The molecule has 0 saturated heterocycles. The number of aromatic nitrogens is 1. The minimum atomic E-state index is -0.157. The van der Waals surface area contributed by atoms with E-state index in [0.29, 0.717) is 41.8 Å². The highest BCUT2D eigenvalue weighted by atomic mass is 35.5. The Morgan fingerprint density at radius 3 is 2.68 bits per heavy atom. The molecule has 1 aromatic carbocycles. The summed E-state index contributed by atoms with van der Waals surface area (Å²) in [4.78, 5) is 18.6. The van der Waals surface area contributed by atoms with Gasteiger partial charge < -0.3 is 14.4 Å². The minimum Gasteiger partial charge on any atom is -0.490 e. The Labute approximate surface area is 153 Å². The summed E-state index contributed by atoms with van der Waals surface area (Å²) >= 11 is 6.33. The number of carbonyl (C=O) groups excluding carboxylic acids is 1. The standard InChI is InChI=1S/C19H23ClN2O3/c1-4-10-25-18-16(20)11-14(12-17(18)24-5-2)19(23)22(3)13-15-8-6-7-9-21-15/h6-9,11-12H,4-5,10,13H2,1-3H3. The number of hydrogen-bond donors (Lipinski definition) is 0. The van der Waals surface area contributed by atoms with Crippen LogP contribution in [0.25, 0.3) is 0 Å². The van der Waals surface area contributed by atoms with Gasteiger partial charge in [0.2, 0.25) is 0 Å². The van der Waals surface area contributed by atoms with Gasteiger partial charge in [0.1, 0.15) is 0 Å². The van der Waals surface area contributed by atoms with E-state index < -0.39 is 0 Å². The molecule has 1 amide bonds. The number of pyridine rings is 1. The summed E-state index contributed by atoms with van der Waals surface area (Å²) in [5.41, 5.74) is 1.27. The molecule has 0 bridgehead atoms. The molecular weight excluding hydrogens is 340 g/mol. The average molecular weight is 363 g/mol. The Hall–Kier alpha value is -2.27. The van der Waals surface area contributed by atoms with Gasteiger partial charge in [0.05, 0.1) is 30.5 Å². The summed E-state index contributed by atoms with van der Waals surface area (Å²) < 4.78 is 11.3. The van der Waals surface area contributed by atoms with Gasteiger partial charge in [0.25, 0.3) is 5.91 Å². The van der Waals surface area contributed by atoms with Crippen LogP contribution in [0, 0.1) is 0 Å². The van der Waals surface area contributed by atoms with Gasteiger partial charge in [-0.2, -0.15) is 0 Å². The summed E-state index contributed by atoms with van der Waals surface area (Å²) in [5.74, 6) is 0.808. The summed E-state index contributed by atoms with van der Waals surface area (Å²) in [5, 5.41) is 0.369. The van der Waals surface area contributed by atoms with Crippen LogP contribution in [0.3, 0.4) is 0 Å². The quantitative estimate of drug-likeness (QED) is 0.706. The third-order valence-electron chi connectivity index (χ3n) is 3.48. The van der Waals surface area contributed by atoms with E-state index in [1.165, 1.54) is 0 Å². The fourth-order valence-corrected chi connectivity index (χ4v) is 2.59. The lowest BCUT2D eigenvalue weighted by molar-refractivity contribution is 0.0783. The molecule has 2 aromatic rings. The Balaban J connectivity index is 2.23. The van der Waals surface area contributed by atoms with E-state index in [1.807, 2.05) is 32.0 Å². The largest absolute Gasteiger partial charge is 0.490 e. The molecule has 0 N–H and O–H groups in total. The number of benzene rings is 1. The molecular formula is C19H23ClN2O3. The summed E-state index contributed by atoms with van der Waals surface area (Å²) in [6.45, 7) is 5.29. The van der Waals surface area contributed by atoms with Crippen LogP contribution >= 0.6 is 11.6 Å². The van der Waals surface area contributed by atoms with Crippen LogP contribution in [0.1, 0.15) is 36.3 Å². The molecule has 2 rings (SSSR count). The molecule has 1 heterocycles. The topological polar surface area (TPSA) is 51.7 Å². The fraction of sp³-hybridized carbons (Fsp3) is 0.368. The second-order valence-electron chi connectivity index (χ2n) is 5.55. The fourth-order valence-electron chi connectivity index (χ4n) is 2.33. The summed E-state index contributed by atoms with van der Waals surface area (Å²) in [6.07, 6.45) is 2.56. The number of rotatable bonds is 8. The maximum atomic E-state index is 12.7. The van der Waals surface area contributed by atoms with Crippen molar-refractivity contribution in [2.75, 3.05) is 20.3 Å². The maximum absolute atomic E-state index is 12.7. The molecule has 0 saturated carbocycles. The number of halogens is 1. The molecule has 6 heteroatoms. The Bertz CT molecular complexity index is 707. The molecule has 0 unspecified atom stereocenters. The van der Waals surface area contributed by atoms with Gasteiger partial charge >= 0.3 is 0 Å². The van der Waals surface area contributed by atoms with Gasteiger partial charge in [-0.25, -0.2) is 0 Å². The zero-order valence-electron chi connectivity index (χ0n) is 14.8. The summed E-state index contributed by atoms with van der Waals surface area (Å²) in [7, 11) is 1.73. The Morgan fingerprint density at radius 2 is 2.04 bits per heavy atom. The molecule has 5 nitrogen and oxygen atoms in total. The van der Waals surface area contributed by atoms with Crippen molar-refractivity contribution in [2.24, 2.45) is 0 Å². The lowest BCUT2D eigenvalue weighted by atomic mass is 10.1. The number of amides is 1. The zero-order valence-corrected chi connectivity index (χ0v) is 15.5. The van der Waals surface area contributed by atoms with Gasteiger partial charge in [0.15, 0.2) is 11.5 Å². The predicted molar refractivity (Wildman–Crippen MR) is 98.4 cm³/mol. The molecule has 1 aromatic heterocycles. The van der Waals surface area contributed by atoms with E-state index in [4.69, 9.17) is 21.1 Å². The number of hydrogen-bond acceptors (Lipinski definition) is 4. The lowest BCUT2D eigenvalue weighted by Crippen LogP contribution is -2.26. The van der Waals surface area contributed by atoms with Gasteiger partial charge in [0, 0.05) is 18.8 Å². The van der Waals surface area contributed by atoms with E-state index in [1.54, 1.807) is 30.3 Å². The van der Waals surface area contributed by atoms with Crippen LogP contribution in [0.4, 0.5) is 0 Å². The second kappa shape index (κ2) is 9.28. The van der Waals surface area contributed by atoms with Crippen LogP contribution in [0.15, 0.2) is 36.5 Å². The summed E-state index contributed by atoms with van der Waals surface area (Å²) in [6, 6.07) is 8.91. The van der Waals surface area contributed by atoms with Crippen molar-refractivity contribution in [1.29, 1.82) is 0 Å². The van der Waals surface area contributed by atoms with Crippen molar-refractivity contribution >= 4 is 17.5 Å². The first-order valence-corrected chi connectivity index (χ1v) is 8.69. The third-order valence-corrected chi connectivity index (χ3v) is 3.76. The van der Waals surface area contributed by atoms with Gasteiger partial charge in [-0.05, 0) is 37.6 Å². The first-order chi connectivity index (χ1) is 12.1. The Morgan fingerprint density at radius 1 is 1.24 bits per heavy atom. The van der Waals surface area contributed by atoms with Crippen molar-refractivity contribution < 1.29 is 14.3 Å². The monoisotopic (exact) mass is 362 g/mol. The SMILES string of the molecule is CCCOc1c(Cl)cc(C(=O)N(C)Cc2ccccn2)cc1OCC. The van der Waals surface area contributed by atoms with Crippen LogP contribution in [0.5, 0.6) is 11.5 Å². The molecule has 0 fully saturated rings. The van der Waals surface area contributed by atoms with Gasteiger partial charge in [-0.3, -0.25) is 9.78 Å². The highest BCUT2D eigenvalue weighted by molar-refractivity contribution is 6.32. The normalized spacial score (nSPS) is 10.4. The van der Waals surface area contributed by atoms with Crippen LogP contribution in [0.2, 0.25) is 5.02 Å². The first kappa shape index (κ1) is 19.1. The second-order valence-corrected chi connectivity index (χ2v) is 5.96. The van der Waals surface area contributed by atoms with Crippen molar-refractivity contribution in [2.45, 2.75) is 26.8 Å². The van der Waals surface area contributed by atoms with Gasteiger partial charge in [-0.1, -0.05) is 24.6 Å². The minimum absolute atomic E-state index is 0.157. The molecule has 0 aliphatic rings. The highest BCUT2D eigenvalue weighted by Gasteiger charge is 2.19. The third kappa shape index (κ3) is 5.10. The molecule has 0 atom stereocenters. The molecule has 0 spiro atoms. The predicted octanol–water partition coefficient (Wildman–Crippen LogP) is 4.19. The highest BCUT2D eigenvalue weighted by Crippen LogP contribution is 2.37. The molecule has 0 radical (unpaired) electrons. The average Bonchev–Trinajstić information content (AvgIpc) is 2.61. The lowest BCUT2D eigenvalue weighted by Gasteiger charge is -2.19. The first-order valence-electron chi connectivity index (χ1n) is 8.31. The van der Waals surface area contributed by atoms with Crippen LogP contribution in [-0.2, 0) is 6.54 Å². The molecule has 134 valence electrons. The number of ether oxygens (including phenoxy) is 2. The number of carbonyl (C=O) groups is 1. The van der Waals surface area contributed by atoms with Crippen molar-refractivity contribution in [1.82, 2.24) is 9.88 Å². The van der Waals surface area contributed by atoms with E-state index in [0.717, 1.165) is 12.1 Å². The van der Waals surface area contributed by atoms with E-state index in [9.17, 15) is 4.79 Å². The van der Waals surface area contributed by atoms with Crippen LogP contribution < -0.4 is 9.47 Å².